The molecule has 16 heavy (non-hydrogen) atoms. The van der Waals surface area contributed by atoms with Gasteiger partial charge >= 0.3 is 11.9 Å². The molecule has 88 valence electrons. The highest BCUT2D eigenvalue weighted by Crippen LogP contribution is 2.06. The molecule has 0 radical (unpaired) electrons. The maximum atomic E-state index is 10.8. The second-order valence-electron chi connectivity index (χ2n) is 3.34. The zero-order valence-corrected chi connectivity index (χ0v) is 9.37. The minimum absolute atomic E-state index is 0.0921. The Morgan fingerprint density at radius 2 is 2.19 bits per heavy atom. The van der Waals surface area contributed by atoms with Crippen LogP contribution in [0, 0.1) is 0 Å². The van der Waals surface area contributed by atoms with Gasteiger partial charge in [-0.1, -0.05) is 0 Å². The van der Waals surface area contributed by atoms with Crippen LogP contribution in [0.25, 0.3) is 0 Å². The molecule has 0 aliphatic rings. The lowest BCUT2D eigenvalue weighted by Gasteiger charge is -2.12. The molecule has 0 aliphatic heterocycles. The first kappa shape index (κ1) is 12.7. The molecule has 0 amide bonds. The van der Waals surface area contributed by atoms with Crippen LogP contribution in [0.15, 0.2) is 16.8 Å². The van der Waals surface area contributed by atoms with Crippen LogP contribution in [0.3, 0.4) is 0 Å². The number of hydrogen-bond donors (Lipinski definition) is 3. The van der Waals surface area contributed by atoms with Gasteiger partial charge in [-0.3, -0.25) is 9.59 Å². The van der Waals surface area contributed by atoms with Gasteiger partial charge in [-0.05, 0) is 28.8 Å². The van der Waals surface area contributed by atoms with Crippen LogP contribution >= 0.6 is 11.3 Å². The Labute approximate surface area is 96.7 Å². The average Bonchev–Trinajstić information content (AvgIpc) is 2.69. The van der Waals surface area contributed by atoms with Crippen LogP contribution in [0.4, 0.5) is 0 Å². The highest BCUT2D eigenvalue weighted by atomic mass is 32.1. The number of carboxylic acids is 2. The minimum Gasteiger partial charge on any atom is -0.481 e. The van der Waals surface area contributed by atoms with E-state index in [1.54, 1.807) is 0 Å². The summed E-state index contributed by atoms with van der Waals surface area (Å²) in [5.74, 6) is -2.00. The van der Waals surface area contributed by atoms with Crippen LogP contribution in [-0.4, -0.2) is 28.2 Å². The summed E-state index contributed by atoms with van der Waals surface area (Å²) in [4.78, 5) is 21.2. The zero-order valence-electron chi connectivity index (χ0n) is 8.55. The maximum Gasteiger partial charge on any atom is 0.320 e. The molecule has 0 aliphatic carbocycles. The van der Waals surface area contributed by atoms with Crippen molar-refractivity contribution in [1.29, 1.82) is 0 Å². The number of thiophene rings is 1. The van der Waals surface area contributed by atoms with Gasteiger partial charge in [0.25, 0.3) is 0 Å². The van der Waals surface area contributed by atoms with Gasteiger partial charge in [-0.15, -0.1) is 0 Å². The summed E-state index contributed by atoms with van der Waals surface area (Å²) in [6.07, 6.45) is -0.0532. The quantitative estimate of drug-likeness (QED) is 0.669. The molecule has 0 fully saturated rings. The summed E-state index contributed by atoms with van der Waals surface area (Å²) >= 11 is 1.54. The van der Waals surface area contributed by atoms with Crippen molar-refractivity contribution in [2.75, 3.05) is 0 Å². The average molecular weight is 243 g/mol. The summed E-state index contributed by atoms with van der Waals surface area (Å²) in [7, 11) is 0. The molecule has 0 spiro atoms. The lowest BCUT2D eigenvalue weighted by molar-refractivity contribution is -0.140. The van der Waals surface area contributed by atoms with E-state index in [2.05, 4.69) is 5.32 Å². The first-order valence-electron chi connectivity index (χ1n) is 4.78. The molecule has 1 aromatic heterocycles. The van der Waals surface area contributed by atoms with Gasteiger partial charge in [-0.2, -0.15) is 11.3 Å². The summed E-state index contributed by atoms with van der Waals surface area (Å²) < 4.78 is 0. The van der Waals surface area contributed by atoms with Gasteiger partial charge in [-0.25, -0.2) is 0 Å². The Bertz CT molecular complexity index is 350. The van der Waals surface area contributed by atoms with Crippen molar-refractivity contribution >= 4 is 23.3 Å². The van der Waals surface area contributed by atoms with Gasteiger partial charge in [0.1, 0.15) is 6.04 Å². The molecule has 3 N–H and O–H groups in total. The van der Waals surface area contributed by atoms with E-state index >= 15 is 0 Å². The fraction of sp³-hybridized carbons (Fsp3) is 0.400. The molecule has 0 saturated carbocycles. The second kappa shape index (κ2) is 6.24. The Morgan fingerprint density at radius 1 is 1.44 bits per heavy atom. The van der Waals surface area contributed by atoms with E-state index in [9.17, 15) is 9.59 Å². The van der Waals surface area contributed by atoms with E-state index in [-0.39, 0.29) is 12.8 Å². The third-order valence-corrected chi connectivity index (χ3v) is 2.81. The predicted molar refractivity (Wildman–Crippen MR) is 59.5 cm³/mol. The molecule has 1 heterocycles. The van der Waals surface area contributed by atoms with Gasteiger partial charge in [0.05, 0.1) is 0 Å². The number of carbonyl (C=O) groups is 2. The van der Waals surface area contributed by atoms with Gasteiger partial charge in [0, 0.05) is 13.0 Å². The van der Waals surface area contributed by atoms with Gasteiger partial charge < -0.3 is 15.5 Å². The number of aliphatic carboxylic acids is 2. The summed E-state index contributed by atoms with van der Waals surface area (Å²) in [5, 5.41) is 24.0. The van der Waals surface area contributed by atoms with Crippen molar-refractivity contribution in [1.82, 2.24) is 5.32 Å². The summed E-state index contributed by atoms with van der Waals surface area (Å²) in [6.45, 7) is 0.445. The molecule has 5 nitrogen and oxygen atoms in total. The lowest BCUT2D eigenvalue weighted by atomic mass is 10.1. The minimum atomic E-state index is -1.02. The van der Waals surface area contributed by atoms with E-state index < -0.39 is 18.0 Å². The Kier molecular flexibility index (Phi) is 4.94. The van der Waals surface area contributed by atoms with Gasteiger partial charge in [0.15, 0.2) is 0 Å². The second-order valence-corrected chi connectivity index (χ2v) is 4.12. The van der Waals surface area contributed by atoms with E-state index in [4.69, 9.17) is 10.2 Å². The zero-order chi connectivity index (χ0) is 12.0. The van der Waals surface area contributed by atoms with Crippen molar-refractivity contribution in [3.05, 3.63) is 22.4 Å². The van der Waals surface area contributed by atoms with E-state index in [0.29, 0.717) is 6.54 Å². The lowest BCUT2D eigenvalue weighted by Crippen LogP contribution is -2.36. The predicted octanol–water partition coefficient (Wildman–Crippen LogP) is 1.16. The highest BCUT2D eigenvalue weighted by molar-refractivity contribution is 7.07. The molecule has 1 rings (SSSR count). The van der Waals surface area contributed by atoms with Crippen molar-refractivity contribution in [3.63, 3.8) is 0 Å². The maximum absolute atomic E-state index is 10.8. The Hall–Kier alpha value is -1.40. The summed E-state index contributed by atoms with van der Waals surface area (Å²) in [5.41, 5.74) is 1.01. The van der Waals surface area contributed by atoms with E-state index in [0.717, 1.165) is 5.56 Å². The normalized spacial score (nSPS) is 12.2. The molecular weight excluding hydrogens is 230 g/mol. The number of rotatable bonds is 7. The van der Waals surface area contributed by atoms with Crippen LogP contribution in [0.2, 0.25) is 0 Å². The SMILES string of the molecule is O=C(O)CCC(NCc1ccsc1)C(=O)O. The van der Waals surface area contributed by atoms with Crippen LogP contribution in [0.5, 0.6) is 0 Å². The molecular formula is C10H13NO4S. The smallest absolute Gasteiger partial charge is 0.320 e. The topological polar surface area (TPSA) is 86.6 Å². The van der Waals surface area contributed by atoms with Crippen molar-refractivity contribution in [3.8, 4) is 0 Å². The largest absolute Gasteiger partial charge is 0.481 e. The molecule has 1 unspecified atom stereocenters. The number of hydrogen-bond acceptors (Lipinski definition) is 4. The summed E-state index contributed by atoms with van der Waals surface area (Å²) in [6, 6.07) is 1.09. The van der Waals surface area contributed by atoms with Crippen molar-refractivity contribution in [2.45, 2.75) is 25.4 Å². The Morgan fingerprint density at radius 3 is 2.69 bits per heavy atom. The Balaban J connectivity index is 2.39. The van der Waals surface area contributed by atoms with Crippen LogP contribution in [0.1, 0.15) is 18.4 Å². The van der Waals surface area contributed by atoms with E-state index in [1.165, 1.54) is 11.3 Å². The molecule has 1 atom stereocenters. The van der Waals surface area contributed by atoms with E-state index in [1.807, 2.05) is 16.8 Å². The number of carboxylic acid groups (broad SMARTS) is 2. The van der Waals surface area contributed by atoms with Crippen molar-refractivity contribution < 1.29 is 19.8 Å². The first-order chi connectivity index (χ1) is 7.59. The third-order valence-electron chi connectivity index (χ3n) is 2.08. The van der Waals surface area contributed by atoms with Crippen molar-refractivity contribution in [2.24, 2.45) is 0 Å². The fourth-order valence-corrected chi connectivity index (χ4v) is 1.88. The first-order valence-corrected chi connectivity index (χ1v) is 5.73. The third kappa shape index (κ3) is 4.41. The molecule has 0 bridgehead atoms. The van der Waals surface area contributed by atoms with Crippen LogP contribution in [-0.2, 0) is 16.1 Å². The highest BCUT2D eigenvalue weighted by Gasteiger charge is 2.17. The van der Waals surface area contributed by atoms with Crippen LogP contribution < -0.4 is 5.32 Å². The standard InChI is InChI=1S/C10H13NO4S/c12-9(13)2-1-8(10(14)15)11-5-7-3-4-16-6-7/h3-4,6,8,11H,1-2,5H2,(H,12,13)(H,14,15). The fourth-order valence-electron chi connectivity index (χ4n) is 1.21. The molecule has 1 aromatic rings. The number of nitrogens with one attached hydrogen (secondary N) is 1. The molecule has 0 aromatic carbocycles. The monoisotopic (exact) mass is 243 g/mol. The molecule has 6 heteroatoms. The molecule has 0 saturated heterocycles. The van der Waals surface area contributed by atoms with Gasteiger partial charge in [0.2, 0.25) is 0 Å².